The zero-order valence-corrected chi connectivity index (χ0v) is 23.2. The number of pyridine rings is 1. The van der Waals surface area contributed by atoms with Crippen LogP contribution in [0, 0.1) is 6.92 Å². The quantitative estimate of drug-likeness (QED) is 0.228. The van der Waals surface area contributed by atoms with E-state index in [1.54, 1.807) is 18.4 Å². The monoisotopic (exact) mass is 516 g/mol. The summed E-state index contributed by atoms with van der Waals surface area (Å²) in [6, 6.07) is 12.2. The van der Waals surface area contributed by atoms with Crippen molar-refractivity contribution in [3.8, 4) is 33.4 Å². The average Bonchev–Trinajstić information content (AvgIpc) is 3.56. The summed E-state index contributed by atoms with van der Waals surface area (Å²) in [7, 11) is 1.66. The maximum absolute atomic E-state index is 13.5. The maximum atomic E-state index is 13.5. The Labute approximate surface area is 223 Å². The van der Waals surface area contributed by atoms with E-state index < -0.39 is 0 Å². The molecule has 0 saturated heterocycles. The number of hydrogen-bond acceptors (Lipinski definition) is 5. The van der Waals surface area contributed by atoms with Gasteiger partial charge in [-0.25, -0.2) is 4.98 Å². The first-order valence-electron chi connectivity index (χ1n) is 13.1. The minimum atomic E-state index is -0.0377. The Morgan fingerprint density at radius 3 is 2.59 bits per heavy atom. The number of aromatic nitrogens is 3. The molecule has 0 aliphatic carbocycles. The zero-order valence-electron chi connectivity index (χ0n) is 22.4. The van der Waals surface area contributed by atoms with Crippen LogP contribution in [0.1, 0.15) is 68.1 Å². The van der Waals surface area contributed by atoms with Crippen LogP contribution in [-0.4, -0.2) is 33.6 Å². The highest BCUT2D eigenvalue weighted by atomic mass is 32.1. The molecule has 194 valence electrons. The summed E-state index contributed by atoms with van der Waals surface area (Å²) < 4.78 is 7.48. The second-order valence-corrected chi connectivity index (χ2v) is 10.1. The molecule has 4 rings (SSSR count). The van der Waals surface area contributed by atoms with Crippen molar-refractivity contribution >= 4 is 17.2 Å². The van der Waals surface area contributed by atoms with Crippen molar-refractivity contribution in [2.75, 3.05) is 7.11 Å². The van der Waals surface area contributed by atoms with Crippen LogP contribution in [0.4, 0.5) is 0 Å². The Hall–Kier alpha value is -3.45. The van der Waals surface area contributed by atoms with Gasteiger partial charge < -0.3 is 14.6 Å². The second kappa shape index (κ2) is 12.2. The molecular formula is C30H36N4O2S. The molecule has 0 bridgehead atoms. The molecule has 0 aliphatic rings. The summed E-state index contributed by atoms with van der Waals surface area (Å²) in [5.41, 5.74) is 6.41. The van der Waals surface area contributed by atoms with Gasteiger partial charge in [-0.3, -0.25) is 9.78 Å². The van der Waals surface area contributed by atoms with E-state index in [1.165, 1.54) is 5.56 Å². The van der Waals surface area contributed by atoms with Gasteiger partial charge in [0.15, 0.2) is 0 Å². The van der Waals surface area contributed by atoms with Gasteiger partial charge in [-0.15, -0.1) is 11.3 Å². The Bertz CT molecular complexity index is 1340. The van der Waals surface area contributed by atoms with Gasteiger partial charge in [0, 0.05) is 40.8 Å². The van der Waals surface area contributed by atoms with Crippen molar-refractivity contribution in [2.24, 2.45) is 0 Å². The highest BCUT2D eigenvalue weighted by Crippen LogP contribution is 2.34. The number of aryl methyl sites for hydroxylation is 1. The number of rotatable bonds is 11. The minimum absolute atomic E-state index is 0.0377. The Kier molecular flexibility index (Phi) is 8.77. The molecule has 0 spiro atoms. The molecule has 1 unspecified atom stereocenters. The van der Waals surface area contributed by atoms with Crippen LogP contribution >= 0.6 is 11.3 Å². The number of carbonyl (C=O) groups excluding carboxylic acids is 1. The largest absolute Gasteiger partial charge is 0.497 e. The number of nitrogens with zero attached hydrogens (tertiary/aromatic N) is 3. The van der Waals surface area contributed by atoms with Crippen molar-refractivity contribution in [1.82, 2.24) is 19.9 Å². The lowest BCUT2D eigenvalue weighted by Crippen LogP contribution is -2.34. The van der Waals surface area contributed by atoms with Gasteiger partial charge in [0.25, 0.3) is 5.91 Å². The van der Waals surface area contributed by atoms with E-state index in [9.17, 15) is 4.79 Å². The number of methoxy groups -OCH3 is 1. The summed E-state index contributed by atoms with van der Waals surface area (Å²) in [5.74, 6) is 0.748. The third-order valence-corrected chi connectivity index (χ3v) is 7.66. The van der Waals surface area contributed by atoms with E-state index in [0.29, 0.717) is 5.56 Å². The number of hydrogen-bond donors (Lipinski definition) is 1. The number of ether oxygens (including phenoxy) is 1. The third-order valence-electron chi connectivity index (χ3n) is 6.77. The lowest BCUT2D eigenvalue weighted by Gasteiger charge is -2.17. The number of unbranched alkanes of at least 4 members (excludes halogenated alkanes) is 1. The van der Waals surface area contributed by atoms with Crippen LogP contribution in [0.5, 0.6) is 5.75 Å². The fourth-order valence-corrected chi connectivity index (χ4v) is 5.30. The van der Waals surface area contributed by atoms with Crippen LogP contribution < -0.4 is 10.1 Å². The van der Waals surface area contributed by atoms with Crippen molar-refractivity contribution in [3.05, 3.63) is 71.0 Å². The summed E-state index contributed by atoms with van der Waals surface area (Å²) in [4.78, 5) is 22.8. The van der Waals surface area contributed by atoms with E-state index in [4.69, 9.17) is 9.72 Å². The number of nitrogens with one attached hydrogen (secondary N) is 1. The van der Waals surface area contributed by atoms with Gasteiger partial charge in [0.05, 0.1) is 24.1 Å². The number of thiazole rings is 1. The predicted molar refractivity (Wildman–Crippen MR) is 152 cm³/mol. The standard InChI is InChI=1S/C30H36N4O2S/c1-6-9-10-23(8-3)32-29(35)26-16-28(34(20(26)4)24-11-13-25(36-5)14-12-24)27-19-37-30(33-27)22-15-21(7-2)17-31-18-22/h11-19,23H,6-10H2,1-5H3,(H,32,35). The molecule has 1 amide bonds. The molecule has 3 heterocycles. The van der Waals surface area contributed by atoms with Gasteiger partial charge in [0.1, 0.15) is 10.8 Å². The topological polar surface area (TPSA) is 69.0 Å². The van der Waals surface area contributed by atoms with Gasteiger partial charge in [0.2, 0.25) is 0 Å². The van der Waals surface area contributed by atoms with Crippen molar-refractivity contribution in [1.29, 1.82) is 0 Å². The normalized spacial score (nSPS) is 11.9. The second-order valence-electron chi connectivity index (χ2n) is 9.26. The summed E-state index contributed by atoms with van der Waals surface area (Å²) >= 11 is 1.59. The maximum Gasteiger partial charge on any atom is 0.253 e. The van der Waals surface area contributed by atoms with Crippen LogP contribution in [0.2, 0.25) is 0 Å². The molecule has 3 aromatic heterocycles. The fourth-order valence-electron chi connectivity index (χ4n) is 4.50. The highest BCUT2D eigenvalue weighted by molar-refractivity contribution is 7.13. The van der Waals surface area contributed by atoms with Gasteiger partial charge in [-0.2, -0.15) is 0 Å². The lowest BCUT2D eigenvalue weighted by atomic mass is 10.1. The summed E-state index contributed by atoms with van der Waals surface area (Å²) in [6.07, 6.45) is 8.80. The lowest BCUT2D eigenvalue weighted by molar-refractivity contribution is 0.0932. The highest BCUT2D eigenvalue weighted by Gasteiger charge is 2.23. The van der Waals surface area contributed by atoms with E-state index in [1.807, 2.05) is 49.6 Å². The minimum Gasteiger partial charge on any atom is -0.497 e. The van der Waals surface area contributed by atoms with Crippen LogP contribution in [-0.2, 0) is 6.42 Å². The molecule has 1 aromatic carbocycles. The van der Waals surface area contributed by atoms with Crippen molar-refractivity contribution in [2.45, 2.75) is 65.8 Å². The molecule has 1 atom stereocenters. The zero-order chi connectivity index (χ0) is 26.4. The van der Waals surface area contributed by atoms with E-state index in [-0.39, 0.29) is 11.9 Å². The fraction of sp³-hybridized carbons (Fsp3) is 0.367. The SMILES string of the molecule is CCCCC(CC)NC(=O)c1cc(-c2csc(-c3cncc(CC)c3)n2)n(-c2ccc(OC)cc2)c1C. The van der Waals surface area contributed by atoms with E-state index in [0.717, 1.165) is 71.2 Å². The van der Waals surface area contributed by atoms with Gasteiger partial charge in [-0.05, 0) is 68.1 Å². The Morgan fingerprint density at radius 1 is 1.14 bits per heavy atom. The van der Waals surface area contributed by atoms with Gasteiger partial charge in [-0.1, -0.05) is 33.6 Å². The Morgan fingerprint density at radius 2 is 1.92 bits per heavy atom. The molecule has 0 saturated carbocycles. The average molecular weight is 517 g/mol. The van der Waals surface area contributed by atoms with Crippen LogP contribution in [0.15, 0.2) is 54.2 Å². The summed E-state index contributed by atoms with van der Waals surface area (Å²) in [6.45, 7) is 8.42. The molecule has 0 fully saturated rings. The third kappa shape index (κ3) is 5.93. The Balaban J connectivity index is 1.76. The first kappa shape index (κ1) is 26.6. The molecule has 1 N–H and O–H groups in total. The van der Waals surface area contributed by atoms with Crippen LogP contribution in [0.3, 0.4) is 0 Å². The smallest absolute Gasteiger partial charge is 0.253 e. The number of benzene rings is 1. The molecule has 0 aliphatic heterocycles. The molecule has 6 nitrogen and oxygen atoms in total. The first-order chi connectivity index (χ1) is 18.0. The first-order valence-corrected chi connectivity index (χ1v) is 13.9. The number of amides is 1. The molecular weight excluding hydrogens is 480 g/mol. The van der Waals surface area contributed by atoms with E-state index >= 15 is 0 Å². The van der Waals surface area contributed by atoms with Crippen molar-refractivity contribution < 1.29 is 9.53 Å². The van der Waals surface area contributed by atoms with Crippen LogP contribution in [0.25, 0.3) is 27.6 Å². The molecule has 4 aromatic rings. The van der Waals surface area contributed by atoms with Gasteiger partial charge >= 0.3 is 0 Å². The predicted octanol–water partition coefficient (Wildman–Crippen LogP) is 7.24. The van der Waals surface area contributed by atoms with E-state index in [2.05, 4.69) is 47.1 Å². The summed E-state index contributed by atoms with van der Waals surface area (Å²) in [5, 5.41) is 6.23. The molecule has 0 radical (unpaired) electrons. The number of carbonyl (C=O) groups is 1. The van der Waals surface area contributed by atoms with Crippen molar-refractivity contribution in [3.63, 3.8) is 0 Å². The molecule has 37 heavy (non-hydrogen) atoms. The molecule has 7 heteroatoms.